The van der Waals surface area contributed by atoms with Gasteiger partial charge in [0.2, 0.25) is 0 Å². The van der Waals surface area contributed by atoms with Crippen molar-refractivity contribution in [3.05, 3.63) is 41.2 Å². The Labute approximate surface area is 173 Å². The minimum atomic E-state index is -0.506. The molecule has 2 N–H and O–H groups in total. The minimum Gasteiger partial charge on any atom is -0.493 e. The molecule has 1 aromatic heterocycles. The molecule has 29 heavy (non-hydrogen) atoms. The van der Waals surface area contributed by atoms with E-state index in [0.717, 1.165) is 30.9 Å². The lowest BCUT2D eigenvalue weighted by Crippen LogP contribution is -2.38. The average Bonchev–Trinajstić information content (AvgIpc) is 3.04. The fourth-order valence-electron chi connectivity index (χ4n) is 3.79. The van der Waals surface area contributed by atoms with Crippen LogP contribution in [0.4, 0.5) is 0 Å². The smallest absolute Gasteiger partial charge is 0.161 e. The van der Waals surface area contributed by atoms with E-state index in [4.69, 9.17) is 9.47 Å². The number of aliphatic hydroxyl groups is 1. The molecule has 0 amide bonds. The van der Waals surface area contributed by atoms with Crippen LogP contribution in [0.2, 0.25) is 0 Å². The number of aromatic nitrogens is 2. The Bertz CT molecular complexity index is 771. The van der Waals surface area contributed by atoms with E-state index in [0.29, 0.717) is 24.6 Å². The molecule has 2 heterocycles. The molecule has 1 aromatic carbocycles. The van der Waals surface area contributed by atoms with E-state index in [1.165, 1.54) is 24.8 Å². The Balaban J connectivity index is 1.51. The summed E-state index contributed by atoms with van der Waals surface area (Å²) in [5, 5.41) is 18.2. The first-order valence-corrected chi connectivity index (χ1v) is 10.4. The van der Waals surface area contributed by atoms with E-state index >= 15 is 0 Å². The normalized spacial score (nSPS) is 16.0. The Morgan fingerprint density at radius 3 is 2.66 bits per heavy atom. The third-order valence-electron chi connectivity index (χ3n) is 5.34. The number of hydrogen-bond donors (Lipinski definition) is 2. The lowest BCUT2D eigenvalue weighted by Gasteiger charge is -2.28. The lowest BCUT2D eigenvalue weighted by molar-refractivity contribution is 0.0608. The Hall–Kier alpha value is -2.09. The number of β-amino-alcohol motifs (C(OH)–C–C–N with tert-alkyl or cyclic N) is 1. The molecular weight excluding hydrogens is 368 g/mol. The Kier molecular flexibility index (Phi) is 7.91. The fourth-order valence-corrected chi connectivity index (χ4v) is 3.79. The number of rotatable bonds is 10. The number of hydrogen-bond acceptors (Lipinski definition) is 6. The zero-order valence-corrected chi connectivity index (χ0v) is 17.9. The number of aryl methyl sites for hydroxylation is 2. The fraction of sp³-hybridized carbons (Fsp3) is 0.591. The van der Waals surface area contributed by atoms with Crippen molar-refractivity contribution in [2.45, 2.75) is 45.4 Å². The predicted octanol–water partition coefficient (Wildman–Crippen LogP) is 2.25. The zero-order valence-electron chi connectivity index (χ0n) is 17.9. The van der Waals surface area contributed by atoms with Gasteiger partial charge in [0, 0.05) is 38.4 Å². The summed E-state index contributed by atoms with van der Waals surface area (Å²) in [7, 11) is 3.57. The monoisotopic (exact) mass is 402 g/mol. The number of benzene rings is 1. The molecule has 0 aliphatic carbocycles. The van der Waals surface area contributed by atoms with Gasteiger partial charge in [-0.15, -0.1) is 0 Å². The second kappa shape index (κ2) is 10.6. The summed E-state index contributed by atoms with van der Waals surface area (Å²) in [5.41, 5.74) is 3.34. The van der Waals surface area contributed by atoms with Gasteiger partial charge < -0.3 is 24.8 Å². The van der Waals surface area contributed by atoms with Gasteiger partial charge in [0.1, 0.15) is 12.7 Å². The standard InChI is InChI=1S/C22H34N4O3/c1-17-19(14-25(2)24-17)13-23-12-18-7-8-21(28-3)22(11-18)29-16-20(27)15-26-9-5-4-6-10-26/h7-8,11,14,20,23,27H,4-6,9-10,12-13,15-16H2,1-3H3/t20-/m1/s1. The van der Waals surface area contributed by atoms with Gasteiger partial charge in [0.15, 0.2) is 11.5 Å². The number of likely N-dealkylation sites (tertiary alicyclic amines) is 1. The minimum absolute atomic E-state index is 0.263. The van der Waals surface area contributed by atoms with Gasteiger partial charge in [-0.1, -0.05) is 12.5 Å². The van der Waals surface area contributed by atoms with Crippen molar-refractivity contribution < 1.29 is 14.6 Å². The quantitative estimate of drug-likeness (QED) is 0.635. The molecule has 160 valence electrons. The maximum Gasteiger partial charge on any atom is 0.161 e. The van der Waals surface area contributed by atoms with E-state index < -0.39 is 6.10 Å². The first kappa shape index (κ1) is 21.6. The van der Waals surface area contributed by atoms with Crippen molar-refractivity contribution in [2.24, 2.45) is 7.05 Å². The molecule has 2 aromatic rings. The summed E-state index contributed by atoms with van der Waals surface area (Å²) in [6.07, 6.45) is 5.26. The van der Waals surface area contributed by atoms with Crippen LogP contribution in [-0.4, -0.2) is 59.2 Å². The van der Waals surface area contributed by atoms with E-state index in [2.05, 4.69) is 15.3 Å². The highest BCUT2D eigenvalue weighted by molar-refractivity contribution is 5.43. The molecule has 0 radical (unpaired) electrons. The first-order chi connectivity index (χ1) is 14.0. The molecule has 1 aliphatic heterocycles. The highest BCUT2D eigenvalue weighted by Crippen LogP contribution is 2.28. The van der Waals surface area contributed by atoms with Crippen molar-refractivity contribution in [1.82, 2.24) is 20.0 Å². The van der Waals surface area contributed by atoms with Gasteiger partial charge in [0.25, 0.3) is 0 Å². The average molecular weight is 403 g/mol. The van der Waals surface area contributed by atoms with Crippen LogP contribution in [0, 0.1) is 6.92 Å². The topological polar surface area (TPSA) is 71.8 Å². The summed E-state index contributed by atoms with van der Waals surface area (Å²) >= 11 is 0. The van der Waals surface area contributed by atoms with Gasteiger partial charge >= 0.3 is 0 Å². The third kappa shape index (κ3) is 6.45. The van der Waals surface area contributed by atoms with Crippen molar-refractivity contribution in [3.8, 4) is 11.5 Å². The number of piperidine rings is 1. The summed E-state index contributed by atoms with van der Waals surface area (Å²) in [5.74, 6) is 1.35. The zero-order chi connectivity index (χ0) is 20.6. The highest BCUT2D eigenvalue weighted by atomic mass is 16.5. The number of methoxy groups -OCH3 is 1. The van der Waals surface area contributed by atoms with Gasteiger partial charge in [-0.05, 0) is 50.6 Å². The van der Waals surface area contributed by atoms with Crippen LogP contribution in [0.5, 0.6) is 11.5 Å². The van der Waals surface area contributed by atoms with E-state index in [-0.39, 0.29) is 6.61 Å². The third-order valence-corrected chi connectivity index (χ3v) is 5.34. The molecule has 1 fully saturated rings. The second-order valence-electron chi connectivity index (χ2n) is 7.83. The van der Waals surface area contributed by atoms with E-state index in [1.54, 1.807) is 7.11 Å². The SMILES string of the molecule is COc1ccc(CNCc2cn(C)nc2C)cc1OC[C@H](O)CN1CCCCC1. The molecule has 1 aliphatic rings. The molecule has 0 spiro atoms. The Morgan fingerprint density at radius 2 is 1.97 bits per heavy atom. The second-order valence-corrected chi connectivity index (χ2v) is 7.83. The van der Waals surface area contributed by atoms with Crippen LogP contribution >= 0.6 is 0 Å². The van der Waals surface area contributed by atoms with Gasteiger partial charge in [-0.25, -0.2) is 0 Å². The summed E-state index contributed by atoms with van der Waals surface area (Å²) < 4.78 is 13.2. The van der Waals surface area contributed by atoms with E-state index in [1.807, 2.05) is 43.0 Å². The van der Waals surface area contributed by atoms with Crippen LogP contribution in [0.25, 0.3) is 0 Å². The van der Waals surface area contributed by atoms with Crippen molar-refractivity contribution in [1.29, 1.82) is 0 Å². The number of ether oxygens (including phenoxy) is 2. The molecule has 1 saturated heterocycles. The summed E-state index contributed by atoms with van der Waals surface area (Å²) in [6, 6.07) is 5.92. The predicted molar refractivity (Wildman–Crippen MR) is 113 cm³/mol. The maximum absolute atomic E-state index is 10.4. The highest BCUT2D eigenvalue weighted by Gasteiger charge is 2.16. The maximum atomic E-state index is 10.4. The van der Waals surface area contributed by atoms with Gasteiger partial charge in [-0.3, -0.25) is 4.68 Å². The number of aliphatic hydroxyl groups excluding tert-OH is 1. The summed E-state index contributed by atoms with van der Waals surface area (Å²) in [4.78, 5) is 2.32. The molecule has 0 saturated carbocycles. The Morgan fingerprint density at radius 1 is 1.17 bits per heavy atom. The number of nitrogens with one attached hydrogen (secondary N) is 1. The molecule has 3 rings (SSSR count). The van der Waals surface area contributed by atoms with Crippen LogP contribution in [0.3, 0.4) is 0 Å². The van der Waals surface area contributed by atoms with Crippen molar-refractivity contribution in [2.75, 3.05) is 33.4 Å². The molecular formula is C22H34N4O3. The molecule has 0 bridgehead atoms. The molecule has 7 nitrogen and oxygen atoms in total. The van der Waals surface area contributed by atoms with Crippen LogP contribution < -0.4 is 14.8 Å². The first-order valence-electron chi connectivity index (χ1n) is 10.4. The van der Waals surface area contributed by atoms with Crippen molar-refractivity contribution in [3.63, 3.8) is 0 Å². The van der Waals surface area contributed by atoms with Crippen LogP contribution in [0.1, 0.15) is 36.1 Å². The molecule has 1 atom stereocenters. The van der Waals surface area contributed by atoms with Gasteiger partial charge in [-0.2, -0.15) is 5.10 Å². The van der Waals surface area contributed by atoms with Crippen molar-refractivity contribution >= 4 is 0 Å². The van der Waals surface area contributed by atoms with Crippen LogP contribution in [0.15, 0.2) is 24.4 Å². The van der Waals surface area contributed by atoms with Gasteiger partial charge in [0.05, 0.1) is 12.8 Å². The lowest BCUT2D eigenvalue weighted by atomic mass is 10.1. The molecule has 7 heteroatoms. The number of nitrogens with zero attached hydrogens (tertiary/aromatic N) is 3. The molecule has 0 unspecified atom stereocenters. The largest absolute Gasteiger partial charge is 0.493 e. The van der Waals surface area contributed by atoms with Crippen LogP contribution in [-0.2, 0) is 20.1 Å². The van der Waals surface area contributed by atoms with E-state index in [9.17, 15) is 5.11 Å². The summed E-state index contributed by atoms with van der Waals surface area (Å²) in [6.45, 7) is 6.55.